The Hall–Kier alpha value is -1.06. The van der Waals surface area contributed by atoms with Crippen molar-refractivity contribution in [1.29, 1.82) is 0 Å². The Bertz CT molecular complexity index is 417. The average molecular weight is 297 g/mol. The lowest BCUT2D eigenvalue weighted by Gasteiger charge is -2.20. The molecule has 0 aliphatic heterocycles. The topological polar surface area (TPSA) is 41.1 Å². The van der Waals surface area contributed by atoms with E-state index in [1.165, 1.54) is 0 Å². The summed E-state index contributed by atoms with van der Waals surface area (Å²) in [6, 6.07) is 7.57. The number of hydrogen-bond acceptors (Lipinski definition) is 2. The monoisotopic (exact) mass is 296 g/mol. The second kappa shape index (κ2) is 8.28. The molecule has 1 unspecified atom stereocenters. The number of nitrogens with one attached hydrogen (secondary N) is 2. The first-order valence-corrected chi connectivity index (χ1v) is 7.57. The molecule has 1 aromatic rings. The molecular weight excluding hydrogens is 272 g/mol. The number of carbonyl (C=O) groups excluding carboxylic acids is 1. The summed E-state index contributed by atoms with van der Waals surface area (Å²) in [5.41, 5.74) is 1.12. The van der Waals surface area contributed by atoms with Gasteiger partial charge in [0.15, 0.2) is 0 Å². The van der Waals surface area contributed by atoms with Crippen LogP contribution in [0.3, 0.4) is 0 Å². The van der Waals surface area contributed by atoms with Crippen LogP contribution in [-0.2, 0) is 4.79 Å². The number of amides is 1. The third kappa shape index (κ3) is 5.93. The van der Waals surface area contributed by atoms with Crippen molar-refractivity contribution < 1.29 is 4.79 Å². The molecule has 20 heavy (non-hydrogen) atoms. The van der Waals surface area contributed by atoms with Gasteiger partial charge in [-0.1, -0.05) is 37.6 Å². The van der Waals surface area contributed by atoms with E-state index in [9.17, 15) is 4.79 Å². The van der Waals surface area contributed by atoms with E-state index in [0.717, 1.165) is 23.6 Å². The normalized spacial score (nSPS) is 14.1. The molecule has 0 bridgehead atoms. The van der Waals surface area contributed by atoms with Crippen molar-refractivity contribution in [2.75, 3.05) is 6.54 Å². The third-order valence-corrected chi connectivity index (χ3v) is 3.54. The molecule has 0 heterocycles. The van der Waals surface area contributed by atoms with Crippen molar-refractivity contribution >= 4 is 17.5 Å². The van der Waals surface area contributed by atoms with E-state index in [1.807, 2.05) is 38.1 Å². The molecule has 0 aliphatic carbocycles. The molecule has 0 fully saturated rings. The molecule has 0 aromatic heterocycles. The molecule has 1 aromatic carbocycles. The van der Waals surface area contributed by atoms with Crippen LogP contribution in [0.2, 0.25) is 5.02 Å². The molecule has 0 spiro atoms. The van der Waals surface area contributed by atoms with Gasteiger partial charge in [-0.05, 0) is 43.9 Å². The fourth-order valence-corrected chi connectivity index (χ4v) is 2.06. The summed E-state index contributed by atoms with van der Waals surface area (Å²) in [7, 11) is 0. The zero-order valence-electron chi connectivity index (χ0n) is 12.7. The molecular formula is C16H25ClN2O. The molecule has 2 N–H and O–H groups in total. The predicted octanol–water partition coefficient (Wildman–Crippen LogP) is 3.54. The van der Waals surface area contributed by atoms with Crippen molar-refractivity contribution in [2.24, 2.45) is 5.92 Å². The Morgan fingerprint density at radius 2 is 1.75 bits per heavy atom. The highest BCUT2D eigenvalue weighted by Crippen LogP contribution is 2.16. The van der Waals surface area contributed by atoms with Gasteiger partial charge in [0.25, 0.3) is 0 Å². The Morgan fingerprint density at radius 1 is 1.15 bits per heavy atom. The van der Waals surface area contributed by atoms with Crippen LogP contribution in [0, 0.1) is 5.92 Å². The van der Waals surface area contributed by atoms with E-state index >= 15 is 0 Å². The first kappa shape index (κ1) is 17.0. The van der Waals surface area contributed by atoms with Crippen molar-refractivity contribution in [3.63, 3.8) is 0 Å². The Labute approximate surface area is 127 Å². The van der Waals surface area contributed by atoms with Crippen LogP contribution < -0.4 is 10.6 Å². The van der Waals surface area contributed by atoms with Gasteiger partial charge in [-0.3, -0.25) is 10.1 Å². The zero-order valence-corrected chi connectivity index (χ0v) is 13.5. The van der Waals surface area contributed by atoms with Crippen LogP contribution in [0.15, 0.2) is 24.3 Å². The number of hydrogen-bond donors (Lipinski definition) is 2. The van der Waals surface area contributed by atoms with Crippen LogP contribution in [-0.4, -0.2) is 18.5 Å². The first-order chi connectivity index (χ1) is 9.40. The molecule has 112 valence electrons. The quantitative estimate of drug-likeness (QED) is 0.808. The Kier molecular flexibility index (Phi) is 7.03. The molecule has 3 nitrogen and oxygen atoms in total. The molecule has 0 radical (unpaired) electrons. The SMILES string of the molecule is CC(C)CCNC(=O)C(C)N[C@@H](C)c1ccc(Cl)cc1. The van der Waals surface area contributed by atoms with Gasteiger partial charge >= 0.3 is 0 Å². The highest BCUT2D eigenvalue weighted by Gasteiger charge is 2.15. The van der Waals surface area contributed by atoms with Gasteiger partial charge in [0, 0.05) is 17.6 Å². The summed E-state index contributed by atoms with van der Waals surface area (Å²) in [4.78, 5) is 12.0. The summed E-state index contributed by atoms with van der Waals surface area (Å²) in [6.07, 6.45) is 1.01. The average Bonchev–Trinajstić information content (AvgIpc) is 2.38. The van der Waals surface area contributed by atoms with Gasteiger partial charge in [-0.2, -0.15) is 0 Å². The van der Waals surface area contributed by atoms with Gasteiger partial charge in [-0.15, -0.1) is 0 Å². The maximum atomic E-state index is 12.0. The van der Waals surface area contributed by atoms with Crippen LogP contribution in [0.4, 0.5) is 0 Å². The minimum atomic E-state index is -0.215. The highest BCUT2D eigenvalue weighted by molar-refractivity contribution is 6.30. The lowest BCUT2D eigenvalue weighted by atomic mass is 10.1. The van der Waals surface area contributed by atoms with Crippen molar-refractivity contribution in [2.45, 2.75) is 46.2 Å². The van der Waals surface area contributed by atoms with Gasteiger partial charge in [0.1, 0.15) is 0 Å². The van der Waals surface area contributed by atoms with Crippen LogP contribution >= 0.6 is 11.6 Å². The minimum absolute atomic E-state index is 0.0477. The van der Waals surface area contributed by atoms with Crippen LogP contribution in [0.1, 0.15) is 45.7 Å². The second-order valence-corrected chi connectivity index (χ2v) is 6.07. The fraction of sp³-hybridized carbons (Fsp3) is 0.562. The van der Waals surface area contributed by atoms with E-state index < -0.39 is 0 Å². The van der Waals surface area contributed by atoms with Crippen molar-refractivity contribution in [3.8, 4) is 0 Å². The standard InChI is InChI=1S/C16H25ClN2O/c1-11(2)9-10-18-16(20)13(4)19-12(3)14-5-7-15(17)8-6-14/h5-8,11-13,19H,9-10H2,1-4H3,(H,18,20)/t12-,13?/m0/s1. The summed E-state index contributed by atoms with van der Waals surface area (Å²) >= 11 is 5.87. The molecule has 2 atom stereocenters. The maximum absolute atomic E-state index is 12.0. The first-order valence-electron chi connectivity index (χ1n) is 7.19. The smallest absolute Gasteiger partial charge is 0.236 e. The molecule has 0 saturated carbocycles. The summed E-state index contributed by atoms with van der Waals surface area (Å²) in [5.74, 6) is 0.651. The number of carbonyl (C=O) groups is 1. The van der Waals surface area contributed by atoms with Crippen molar-refractivity contribution in [3.05, 3.63) is 34.9 Å². The largest absolute Gasteiger partial charge is 0.355 e. The Morgan fingerprint density at radius 3 is 2.30 bits per heavy atom. The lowest BCUT2D eigenvalue weighted by molar-refractivity contribution is -0.122. The second-order valence-electron chi connectivity index (χ2n) is 5.64. The molecule has 4 heteroatoms. The van der Waals surface area contributed by atoms with Crippen LogP contribution in [0.5, 0.6) is 0 Å². The predicted molar refractivity (Wildman–Crippen MR) is 84.9 cm³/mol. The molecule has 1 rings (SSSR count). The van der Waals surface area contributed by atoms with E-state index in [-0.39, 0.29) is 18.0 Å². The highest BCUT2D eigenvalue weighted by atomic mass is 35.5. The van der Waals surface area contributed by atoms with Gasteiger partial charge in [-0.25, -0.2) is 0 Å². The van der Waals surface area contributed by atoms with Crippen molar-refractivity contribution in [1.82, 2.24) is 10.6 Å². The summed E-state index contributed by atoms with van der Waals surface area (Å²) in [5, 5.41) is 6.98. The van der Waals surface area contributed by atoms with E-state index in [4.69, 9.17) is 11.6 Å². The number of benzene rings is 1. The number of halogens is 1. The summed E-state index contributed by atoms with van der Waals surface area (Å²) < 4.78 is 0. The molecule has 0 saturated heterocycles. The third-order valence-electron chi connectivity index (χ3n) is 3.28. The lowest BCUT2D eigenvalue weighted by Crippen LogP contribution is -2.43. The molecule has 1 amide bonds. The fourth-order valence-electron chi connectivity index (χ4n) is 1.94. The van der Waals surface area contributed by atoms with Gasteiger partial charge < -0.3 is 5.32 Å². The zero-order chi connectivity index (χ0) is 15.1. The Balaban J connectivity index is 2.42. The van der Waals surface area contributed by atoms with Gasteiger partial charge in [0.2, 0.25) is 5.91 Å². The van der Waals surface area contributed by atoms with Crippen LogP contribution in [0.25, 0.3) is 0 Å². The minimum Gasteiger partial charge on any atom is -0.355 e. The maximum Gasteiger partial charge on any atom is 0.236 e. The summed E-state index contributed by atoms with van der Waals surface area (Å²) in [6.45, 7) is 8.96. The molecule has 0 aliphatic rings. The van der Waals surface area contributed by atoms with E-state index in [0.29, 0.717) is 5.92 Å². The number of rotatable bonds is 7. The van der Waals surface area contributed by atoms with Gasteiger partial charge in [0.05, 0.1) is 6.04 Å². The van der Waals surface area contributed by atoms with E-state index in [2.05, 4.69) is 24.5 Å². The van der Waals surface area contributed by atoms with E-state index in [1.54, 1.807) is 0 Å².